The Morgan fingerprint density at radius 3 is 2.62 bits per heavy atom. The first-order valence-electron chi connectivity index (χ1n) is 6.53. The van der Waals surface area contributed by atoms with Crippen molar-refractivity contribution in [3.63, 3.8) is 0 Å². The zero-order chi connectivity index (χ0) is 17.7. The van der Waals surface area contributed by atoms with Gasteiger partial charge in [0, 0.05) is 11.8 Å². The third-order valence-corrected chi connectivity index (χ3v) is 3.08. The molecule has 0 amide bonds. The van der Waals surface area contributed by atoms with Crippen LogP contribution in [-0.4, -0.2) is 24.9 Å². The summed E-state index contributed by atoms with van der Waals surface area (Å²) in [5.41, 5.74) is 0.440. The quantitative estimate of drug-likeness (QED) is 0.864. The van der Waals surface area contributed by atoms with Gasteiger partial charge in [0.15, 0.2) is 23.8 Å². The number of pyridine rings is 1. The van der Waals surface area contributed by atoms with Gasteiger partial charge in [-0.15, -0.1) is 0 Å². The third-order valence-electron chi connectivity index (χ3n) is 2.78. The average Bonchev–Trinajstić information content (AvgIpc) is 2.54. The Balaban J connectivity index is 2.23. The van der Waals surface area contributed by atoms with Gasteiger partial charge >= 0.3 is 6.18 Å². The van der Waals surface area contributed by atoms with Gasteiger partial charge < -0.3 is 14.8 Å². The number of nitriles is 1. The first-order chi connectivity index (χ1) is 11.3. The minimum Gasteiger partial charge on any atom is -0.493 e. The Hall–Kier alpha value is -2.66. The van der Waals surface area contributed by atoms with E-state index in [4.69, 9.17) is 26.3 Å². The van der Waals surface area contributed by atoms with Gasteiger partial charge in [-0.05, 0) is 24.3 Å². The minimum absolute atomic E-state index is 0.0312. The maximum Gasteiger partial charge on any atom is 0.422 e. The van der Waals surface area contributed by atoms with Gasteiger partial charge in [0.2, 0.25) is 0 Å². The van der Waals surface area contributed by atoms with Crippen molar-refractivity contribution in [2.75, 3.05) is 19.0 Å². The maximum atomic E-state index is 12.3. The van der Waals surface area contributed by atoms with Crippen LogP contribution in [0.15, 0.2) is 30.3 Å². The van der Waals surface area contributed by atoms with E-state index in [0.717, 1.165) is 0 Å². The van der Waals surface area contributed by atoms with Crippen molar-refractivity contribution in [3.8, 4) is 17.6 Å². The van der Waals surface area contributed by atoms with E-state index in [1.165, 1.54) is 31.4 Å². The molecular formula is C15H11ClF3N3O2. The van der Waals surface area contributed by atoms with Crippen molar-refractivity contribution in [3.05, 3.63) is 41.0 Å². The highest BCUT2D eigenvalue weighted by Crippen LogP contribution is 2.32. The SMILES string of the molecule is COc1ccc(Nc2ccc(Cl)c(C#N)n2)cc1OCC(F)(F)F. The fourth-order valence-electron chi connectivity index (χ4n) is 1.76. The topological polar surface area (TPSA) is 67.2 Å². The zero-order valence-electron chi connectivity index (χ0n) is 12.3. The lowest BCUT2D eigenvalue weighted by molar-refractivity contribution is -0.153. The summed E-state index contributed by atoms with van der Waals surface area (Å²) in [5.74, 6) is 0.392. The van der Waals surface area contributed by atoms with Gasteiger partial charge in [0.25, 0.3) is 0 Å². The van der Waals surface area contributed by atoms with Crippen molar-refractivity contribution in [1.29, 1.82) is 5.26 Å². The average molecular weight is 358 g/mol. The van der Waals surface area contributed by atoms with Gasteiger partial charge in [-0.25, -0.2) is 4.98 Å². The number of halogens is 4. The molecule has 0 aliphatic heterocycles. The molecule has 9 heteroatoms. The number of nitrogens with zero attached hydrogens (tertiary/aromatic N) is 2. The Labute approximate surface area is 140 Å². The monoisotopic (exact) mass is 357 g/mol. The lowest BCUT2D eigenvalue weighted by atomic mass is 10.2. The lowest BCUT2D eigenvalue weighted by Gasteiger charge is -2.14. The summed E-state index contributed by atoms with van der Waals surface area (Å²) in [5, 5.41) is 12.0. The first-order valence-corrected chi connectivity index (χ1v) is 6.91. The van der Waals surface area contributed by atoms with E-state index in [0.29, 0.717) is 11.5 Å². The molecule has 0 radical (unpaired) electrons. The summed E-state index contributed by atoms with van der Waals surface area (Å²) in [6, 6.07) is 9.22. The van der Waals surface area contributed by atoms with Crippen molar-refractivity contribution in [2.24, 2.45) is 0 Å². The normalized spacial score (nSPS) is 10.8. The molecule has 0 bridgehead atoms. The second-order valence-corrected chi connectivity index (χ2v) is 4.94. The van der Waals surface area contributed by atoms with Crippen LogP contribution in [0.4, 0.5) is 24.7 Å². The van der Waals surface area contributed by atoms with Gasteiger partial charge in [-0.2, -0.15) is 18.4 Å². The van der Waals surface area contributed by atoms with Crippen LogP contribution >= 0.6 is 11.6 Å². The van der Waals surface area contributed by atoms with Crippen LogP contribution in [0.3, 0.4) is 0 Å². The van der Waals surface area contributed by atoms with E-state index in [9.17, 15) is 13.2 Å². The molecule has 2 rings (SSSR count). The number of anilines is 2. The maximum absolute atomic E-state index is 12.3. The molecule has 0 aliphatic carbocycles. The standard InChI is InChI=1S/C15H11ClF3N3O2/c1-23-12-4-2-9(6-13(12)24-8-15(17,18)19)21-14-5-3-10(16)11(7-20)22-14/h2-6H,8H2,1H3,(H,21,22). The summed E-state index contributed by atoms with van der Waals surface area (Å²) in [6.45, 7) is -1.44. The molecule has 0 aliphatic rings. The van der Waals surface area contributed by atoms with Crippen LogP contribution in [0.5, 0.6) is 11.5 Å². The number of ether oxygens (including phenoxy) is 2. The fourth-order valence-corrected chi connectivity index (χ4v) is 1.91. The summed E-state index contributed by atoms with van der Waals surface area (Å²) in [6.07, 6.45) is -4.46. The highest BCUT2D eigenvalue weighted by molar-refractivity contribution is 6.31. The molecule has 1 heterocycles. The summed E-state index contributed by atoms with van der Waals surface area (Å²) in [4.78, 5) is 3.99. The number of alkyl halides is 3. The molecule has 5 nitrogen and oxygen atoms in total. The molecule has 0 spiro atoms. The van der Waals surface area contributed by atoms with Gasteiger partial charge in [-0.3, -0.25) is 0 Å². The van der Waals surface area contributed by atoms with Crippen LogP contribution in [-0.2, 0) is 0 Å². The Morgan fingerprint density at radius 2 is 2.00 bits per heavy atom. The van der Waals surface area contributed by atoms with Gasteiger partial charge in [0.05, 0.1) is 12.1 Å². The van der Waals surface area contributed by atoms with Crippen LogP contribution in [0.25, 0.3) is 0 Å². The minimum atomic E-state index is -4.46. The zero-order valence-corrected chi connectivity index (χ0v) is 13.1. The van der Waals surface area contributed by atoms with E-state index in [1.54, 1.807) is 6.07 Å². The lowest BCUT2D eigenvalue weighted by Crippen LogP contribution is -2.19. The van der Waals surface area contributed by atoms with Crippen molar-refractivity contribution in [1.82, 2.24) is 4.98 Å². The Bertz CT molecular complexity index is 776. The summed E-state index contributed by atoms with van der Waals surface area (Å²) in [7, 11) is 1.32. The van der Waals surface area contributed by atoms with E-state index < -0.39 is 12.8 Å². The molecule has 0 saturated heterocycles. The van der Waals surface area contributed by atoms with E-state index in [1.807, 2.05) is 6.07 Å². The second-order valence-electron chi connectivity index (χ2n) is 4.53. The molecule has 1 aromatic carbocycles. The van der Waals surface area contributed by atoms with Gasteiger partial charge in [0.1, 0.15) is 11.9 Å². The second kappa shape index (κ2) is 7.27. The molecule has 1 N–H and O–H groups in total. The molecule has 2 aromatic rings. The molecule has 1 aromatic heterocycles. The van der Waals surface area contributed by atoms with Crippen LogP contribution in [0.2, 0.25) is 5.02 Å². The number of methoxy groups -OCH3 is 1. The van der Waals surface area contributed by atoms with E-state index >= 15 is 0 Å². The predicted octanol–water partition coefficient (Wildman–Crippen LogP) is 4.30. The Morgan fingerprint density at radius 1 is 1.25 bits per heavy atom. The number of hydrogen-bond donors (Lipinski definition) is 1. The highest BCUT2D eigenvalue weighted by atomic mass is 35.5. The van der Waals surface area contributed by atoms with Crippen molar-refractivity contribution >= 4 is 23.1 Å². The molecule has 0 fully saturated rings. The molecule has 126 valence electrons. The predicted molar refractivity (Wildman–Crippen MR) is 81.8 cm³/mol. The molecule has 0 atom stereocenters. The number of benzene rings is 1. The van der Waals surface area contributed by atoms with E-state index in [2.05, 4.69) is 10.3 Å². The summed E-state index contributed by atoms with van der Waals surface area (Å²) < 4.78 is 46.7. The number of nitrogens with one attached hydrogen (secondary N) is 1. The third kappa shape index (κ3) is 4.67. The Kier molecular flexibility index (Phi) is 5.36. The van der Waals surface area contributed by atoms with Crippen LogP contribution < -0.4 is 14.8 Å². The van der Waals surface area contributed by atoms with Gasteiger partial charge in [-0.1, -0.05) is 11.6 Å². The number of rotatable bonds is 5. The van der Waals surface area contributed by atoms with Crippen molar-refractivity contribution in [2.45, 2.75) is 6.18 Å². The first kappa shape index (κ1) is 17.7. The van der Waals surface area contributed by atoms with Crippen LogP contribution in [0.1, 0.15) is 5.69 Å². The molecule has 0 saturated carbocycles. The molecular weight excluding hydrogens is 347 g/mol. The number of hydrogen-bond acceptors (Lipinski definition) is 5. The van der Waals surface area contributed by atoms with E-state index in [-0.39, 0.29) is 22.2 Å². The highest BCUT2D eigenvalue weighted by Gasteiger charge is 2.29. The van der Waals surface area contributed by atoms with Crippen LogP contribution in [0, 0.1) is 11.3 Å². The summed E-state index contributed by atoms with van der Waals surface area (Å²) >= 11 is 5.79. The largest absolute Gasteiger partial charge is 0.493 e. The van der Waals surface area contributed by atoms with Crippen molar-refractivity contribution < 1.29 is 22.6 Å². The molecule has 0 unspecified atom stereocenters. The molecule has 24 heavy (non-hydrogen) atoms. The smallest absolute Gasteiger partial charge is 0.422 e. The fraction of sp³-hybridized carbons (Fsp3) is 0.200. The number of aromatic nitrogens is 1.